The van der Waals surface area contributed by atoms with Crippen LogP contribution in [0.15, 0.2) is 36.8 Å². The van der Waals surface area contributed by atoms with E-state index in [1.54, 1.807) is 53.7 Å². The van der Waals surface area contributed by atoms with Crippen LogP contribution in [0.2, 0.25) is 5.02 Å². The van der Waals surface area contributed by atoms with Gasteiger partial charge in [-0.1, -0.05) is 11.6 Å². The Morgan fingerprint density at radius 1 is 1.16 bits per heavy atom. The number of hydrogen-bond donors (Lipinski definition) is 2. The van der Waals surface area contributed by atoms with E-state index in [0.29, 0.717) is 46.5 Å². The Labute approximate surface area is 185 Å². The van der Waals surface area contributed by atoms with E-state index < -0.39 is 6.09 Å². The zero-order chi connectivity index (χ0) is 22.5. The van der Waals surface area contributed by atoms with Gasteiger partial charge in [0.05, 0.1) is 28.7 Å². The fraction of sp³-hybridized carbons (Fsp3) is 0.333. The van der Waals surface area contributed by atoms with E-state index in [9.17, 15) is 9.59 Å². The summed E-state index contributed by atoms with van der Waals surface area (Å²) in [6.07, 6.45) is 4.14. The average Bonchev–Trinajstić information content (AvgIpc) is 3.12. The molecule has 0 bridgehead atoms. The van der Waals surface area contributed by atoms with Crippen molar-refractivity contribution in [2.24, 2.45) is 0 Å². The molecular formula is C21H25ClN6O3. The molecule has 3 amide bonds. The van der Waals surface area contributed by atoms with Crippen LogP contribution in [0.4, 0.5) is 21.0 Å². The molecule has 0 aliphatic carbocycles. The molecule has 3 rings (SSSR count). The molecule has 1 aromatic carbocycles. The summed E-state index contributed by atoms with van der Waals surface area (Å²) in [6, 6.07) is 5.04. The highest BCUT2D eigenvalue weighted by atomic mass is 35.5. The predicted molar refractivity (Wildman–Crippen MR) is 121 cm³/mol. The molecule has 0 aliphatic heterocycles. The lowest BCUT2D eigenvalue weighted by Crippen LogP contribution is -2.34. The van der Waals surface area contributed by atoms with Gasteiger partial charge in [-0.3, -0.25) is 9.72 Å². The number of carbonyl (C=O) groups excluding carboxylic acids is 2. The number of rotatable bonds is 6. The summed E-state index contributed by atoms with van der Waals surface area (Å²) in [6.45, 7) is 8.61. The Balaban J connectivity index is 1.85. The van der Waals surface area contributed by atoms with E-state index in [2.05, 4.69) is 20.6 Å². The molecule has 164 valence electrons. The van der Waals surface area contributed by atoms with E-state index in [4.69, 9.17) is 16.3 Å². The summed E-state index contributed by atoms with van der Waals surface area (Å²) in [4.78, 5) is 34.6. The smallest absolute Gasteiger partial charge is 0.411 e. The molecule has 2 aromatic heterocycles. The number of carbonyl (C=O) groups is 2. The van der Waals surface area contributed by atoms with E-state index in [1.807, 2.05) is 13.8 Å². The maximum atomic E-state index is 12.3. The summed E-state index contributed by atoms with van der Waals surface area (Å²) in [5, 5.41) is 5.99. The van der Waals surface area contributed by atoms with Crippen molar-refractivity contribution in [1.29, 1.82) is 0 Å². The Hall–Kier alpha value is -3.33. The highest BCUT2D eigenvalue weighted by Gasteiger charge is 2.14. The van der Waals surface area contributed by atoms with Crippen molar-refractivity contribution in [1.82, 2.24) is 19.3 Å². The molecule has 0 fully saturated rings. The zero-order valence-corrected chi connectivity index (χ0v) is 18.6. The van der Waals surface area contributed by atoms with Gasteiger partial charge >= 0.3 is 12.1 Å². The van der Waals surface area contributed by atoms with Gasteiger partial charge in [0.1, 0.15) is 0 Å². The summed E-state index contributed by atoms with van der Waals surface area (Å²) < 4.78 is 6.75. The van der Waals surface area contributed by atoms with Gasteiger partial charge in [0.2, 0.25) is 5.78 Å². The number of aromatic nitrogens is 3. The Morgan fingerprint density at radius 3 is 2.58 bits per heavy atom. The number of halogens is 1. The lowest BCUT2D eigenvalue weighted by atomic mass is 10.1. The highest BCUT2D eigenvalue weighted by molar-refractivity contribution is 6.33. The Kier molecular flexibility index (Phi) is 6.96. The fourth-order valence-corrected chi connectivity index (χ4v) is 3.17. The highest BCUT2D eigenvalue weighted by Crippen LogP contribution is 2.30. The molecule has 0 aliphatic rings. The maximum Gasteiger partial charge on any atom is 0.411 e. The van der Waals surface area contributed by atoms with Gasteiger partial charge in [0.15, 0.2) is 0 Å². The largest absolute Gasteiger partial charge is 0.447 e. The number of fused-ring (bicyclic) bond motifs is 1. The first-order valence-electron chi connectivity index (χ1n) is 9.99. The van der Waals surface area contributed by atoms with Gasteiger partial charge in [-0.05, 0) is 45.9 Å². The third-order valence-corrected chi connectivity index (χ3v) is 4.77. The maximum absolute atomic E-state index is 12.3. The molecule has 0 saturated heterocycles. The number of imidazole rings is 1. The van der Waals surface area contributed by atoms with Crippen molar-refractivity contribution < 1.29 is 14.3 Å². The van der Waals surface area contributed by atoms with Crippen LogP contribution in [-0.2, 0) is 4.74 Å². The molecule has 0 saturated carbocycles. The average molecular weight is 445 g/mol. The SMILES string of the molecule is CCN(CC)C(=O)Nc1ccc(Cl)c(-c2cn3cc(NC(=O)OC(C)C)cnc3n2)c1. The van der Waals surface area contributed by atoms with Crippen LogP contribution >= 0.6 is 11.6 Å². The number of anilines is 2. The molecule has 0 spiro atoms. The monoisotopic (exact) mass is 444 g/mol. The number of nitrogens with one attached hydrogen (secondary N) is 2. The predicted octanol–water partition coefficient (Wildman–Crippen LogP) is 4.88. The summed E-state index contributed by atoms with van der Waals surface area (Å²) in [5.74, 6) is 0.437. The van der Waals surface area contributed by atoms with Gasteiger partial charge < -0.3 is 15.0 Å². The molecule has 0 radical (unpaired) electrons. The first-order chi connectivity index (χ1) is 14.8. The molecular weight excluding hydrogens is 420 g/mol. The summed E-state index contributed by atoms with van der Waals surface area (Å²) in [5.41, 5.74) is 2.31. The van der Waals surface area contributed by atoms with Gasteiger partial charge in [-0.15, -0.1) is 0 Å². The number of ether oxygens (including phenoxy) is 1. The molecule has 2 N–H and O–H groups in total. The molecule has 9 nitrogen and oxygen atoms in total. The van der Waals surface area contributed by atoms with Crippen LogP contribution in [0, 0.1) is 0 Å². The number of nitrogens with zero attached hydrogens (tertiary/aromatic N) is 4. The summed E-state index contributed by atoms with van der Waals surface area (Å²) in [7, 11) is 0. The second kappa shape index (κ2) is 9.65. The number of urea groups is 1. The van der Waals surface area contributed by atoms with Crippen LogP contribution in [0.25, 0.3) is 17.0 Å². The van der Waals surface area contributed by atoms with Crippen molar-refractivity contribution in [2.75, 3.05) is 23.7 Å². The number of hydrogen-bond acceptors (Lipinski definition) is 5. The van der Waals surface area contributed by atoms with E-state index in [0.717, 1.165) is 0 Å². The minimum absolute atomic E-state index is 0.182. The van der Waals surface area contributed by atoms with Crippen LogP contribution in [0.1, 0.15) is 27.7 Å². The molecule has 10 heteroatoms. The second-order valence-corrected chi connectivity index (χ2v) is 7.46. The lowest BCUT2D eigenvalue weighted by molar-refractivity contribution is 0.130. The second-order valence-electron chi connectivity index (χ2n) is 7.05. The Bertz CT molecular complexity index is 1090. The fourth-order valence-electron chi connectivity index (χ4n) is 2.95. The minimum Gasteiger partial charge on any atom is -0.447 e. The van der Waals surface area contributed by atoms with Crippen LogP contribution in [0.5, 0.6) is 0 Å². The summed E-state index contributed by atoms with van der Waals surface area (Å²) >= 11 is 6.39. The zero-order valence-electron chi connectivity index (χ0n) is 17.8. The van der Waals surface area contributed by atoms with Gasteiger partial charge in [0.25, 0.3) is 0 Å². The quantitative estimate of drug-likeness (QED) is 0.564. The third-order valence-electron chi connectivity index (χ3n) is 4.44. The third kappa shape index (κ3) is 5.43. The van der Waals surface area contributed by atoms with E-state index >= 15 is 0 Å². The van der Waals surface area contributed by atoms with Crippen LogP contribution in [-0.4, -0.2) is 50.6 Å². The van der Waals surface area contributed by atoms with Crippen molar-refractivity contribution in [3.05, 3.63) is 41.8 Å². The molecule has 3 aromatic rings. The lowest BCUT2D eigenvalue weighted by Gasteiger charge is -2.19. The molecule has 0 unspecified atom stereocenters. The number of amides is 3. The van der Waals surface area contributed by atoms with Crippen molar-refractivity contribution >= 4 is 40.9 Å². The number of benzene rings is 1. The molecule has 31 heavy (non-hydrogen) atoms. The Morgan fingerprint density at radius 2 is 1.90 bits per heavy atom. The van der Waals surface area contributed by atoms with Gasteiger partial charge in [0, 0.05) is 36.7 Å². The van der Waals surface area contributed by atoms with Gasteiger partial charge in [-0.25, -0.2) is 19.6 Å². The minimum atomic E-state index is -0.559. The van der Waals surface area contributed by atoms with Crippen molar-refractivity contribution in [3.8, 4) is 11.3 Å². The van der Waals surface area contributed by atoms with E-state index in [1.165, 1.54) is 6.20 Å². The van der Waals surface area contributed by atoms with Crippen molar-refractivity contribution in [2.45, 2.75) is 33.8 Å². The molecule has 0 atom stereocenters. The topological polar surface area (TPSA) is 101 Å². The normalized spacial score (nSPS) is 10.9. The van der Waals surface area contributed by atoms with Crippen LogP contribution in [0.3, 0.4) is 0 Å². The van der Waals surface area contributed by atoms with Crippen LogP contribution < -0.4 is 10.6 Å². The van der Waals surface area contributed by atoms with Gasteiger partial charge in [-0.2, -0.15) is 0 Å². The van der Waals surface area contributed by atoms with E-state index in [-0.39, 0.29) is 12.1 Å². The first kappa shape index (κ1) is 22.4. The standard InChI is InChI=1S/C21H25ClN6O3/c1-5-27(6-2)20(29)24-14-7-8-17(22)16(9-14)18-12-28-11-15(10-23-19(28)26-18)25-21(30)31-13(3)4/h7-13H,5-6H2,1-4H3,(H,24,29)(H,25,30). The molecule has 2 heterocycles. The first-order valence-corrected chi connectivity index (χ1v) is 10.4. The van der Waals surface area contributed by atoms with Crippen molar-refractivity contribution in [3.63, 3.8) is 0 Å².